The van der Waals surface area contributed by atoms with Crippen LogP contribution in [-0.4, -0.2) is 42.2 Å². The van der Waals surface area contributed by atoms with Crippen molar-refractivity contribution in [3.8, 4) is 0 Å². The maximum absolute atomic E-state index is 6.02. The van der Waals surface area contributed by atoms with Crippen molar-refractivity contribution < 1.29 is 13.3 Å². The molecule has 1 fully saturated rings. The van der Waals surface area contributed by atoms with Crippen molar-refractivity contribution in [2.24, 2.45) is 17.8 Å². The van der Waals surface area contributed by atoms with Gasteiger partial charge in [-0.1, -0.05) is 41.1 Å². The number of allylic oxidation sites excluding steroid dienone is 4. The minimum atomic E-state index is -0.646. The van der Waals surface area contributed by atoms with Crippen LogP contribution in [0.15, 0.2) is 34.7 Å². The minimum absolute atomic E-state index is 0.137. The topological polar surface area (TPSA) is 27.7 Å². The summed E-state index contributed by atoms with van der Waals surface area (Å²) in [5.74, 6) is 2.71. The summed E-state index contributed by atoms with van der Waals surface area (Å²) in [5, 5.41) is 0. The first-order valence-corrected chi connectivity index (χ1v) is 14.2. The number of fused-ring (bicyclic) bond motifs is 2. The molecule has 2 aliphatic rings. The van der Waals surface area contributed by atoms with Crippen molar-refractivity contribution in [2.75, 3.05) is 6.61 Å². The van der Waals surface area contributed by atoms with Gasteiger partial charge >= 0.3 is 0 Å². The smallest absolute Gasteiger partial charge is 0.188 e. The molecule has 3 nitrogen and oxygen atoms in total. The van der Waals surface area contributed by atoms with Crippen LogP contribution in [0.5, 0.6) is 0 Å². The third-order valence-electron chi connectivity index (χ3n) is 5.08. The van der Waals surface area contributed by atoms with Crippen LogP contribution < -0.4 is 0 Å². The molecule has 2 aliphatic carbocycles. The molecule has 2 bridgehead atoms. The van der Waals surface area contributed by atoms with E-state index in [1.165, 1.54) is 36.5 Å². The predicted octanol–water partition coefficient (Wildman–Crippen LogP) is 2.48. The Hall–Kier alpha value is -0.249. The van der Waals surface area contributed by atoms with Gasteiger partial charge < -0.3 is 13.3 Å². The van der Waals surface area contributed by atoms with E-state index in [0.29, 0.717) is 6.61 Å². The standard InChI is InChI=1S/C19H36O3Si3/c1-14(2)12-24-21-19(22-25-13-15(3)4)11-20-23-8-7-18-10-16-5-6-17(18)9-16/h5-6,12-13,16-19H,7-11,23-25H2,1-4H3. The van der Waals surface area contributed by atoms with Gasteiger partial charge in [-0.2, -0.15) is 0 Å². The Bertz CT molecular complexity index is 460. The van der Waals surface area contributed by atoms with E-state index in [-0.39, 0.29) is 6.29 Å². The van der Waals surface area contributed by atoms with Crippen LogP contribution in [-0.2, 0) is 13.3 Å². The summed E-state index contributed by atoms with van der Waals surface area (Å²) < 4.78 is 18.0. The summed E-state index contributed by atoms with van der Waals surface area (Å²) in [4.78, 5) is 0. The number of hydrogen-bond acceptors (Lipinski definition) is 3. The summed E-state index contributed by atoms with van der Waals surface area (Å²) in [5.41, 5.74) is 7.14. The predicted molar refractivity (Wildman–Crippen MR) is 115 cm³/mol. The summed E-state index contributed by atoms with van der Waals surface area (Å²) in [6.45, 7) is 9.13. The van der Waals surface area contributed by atoms with Crippen LogP contribution in [0, 0.1) is 17.8 Å². The zero-order valence-electron chi connectivity index (χ0n) is 16.5. The van der Waals surface area contributed by atoms with Crippen molar-refractivity contribution in [1.29, 1.82) is 0 Å². The van der Waals surface area contributed by atoms with Gasteiger partial charge in [-0.3, -0.25) is 0 Å². The van der Waals surface area contributed by atoms with Gasteiger partial charge in [0.15, 0.2) is 35.6 Å². The first-order valence-electron chi connectivity index (χ1n) is 9.80. The highest BCUT2D eigenvalue weighted by Gasteiger charge is 2.34. The molecule has 6 heteroatoms. The molecule has 142 valence electrons. The van der Waals surface area contributed by atoms with Crippen LogP contribution in [0.25, 0.3) is 0 Å². The zero-order chi connectivity index (χ0) is 18.1. The van der Waals surface area contributed by atoms with E-state index in [1.54, 1.807) is 0 Å². The van der Waals surface area contributed by atoms with Gasteiger partial charge in [-0.15, -0.1) is 0 Å². The fourth-order valence-corrected chi connectivity index (χ4v) is 6.76. The maximum Gasteiger partial charge on any atom is 0.188 e. The number of rotatable bonds is 12. The molecule has 0 aromatic carbocycles. The first-order chi connectivity index (χ1) is 12.0. The second kappa shape index (κ2) is 11.5. The Morgan fingerprint density at radius 1 is 1.04 bits per heavy atom. The molecule has 0 saturated heterocycles. The maximum atomic E-state index is 6.02. The molecular weight excluding hydrogens is 360 g/mol. The summed E-state index contributed by atoms with van der Waals surface area (Å²) in [6.07, 6.45) is 8.96. The Morgan fingerprint density at radius 2 is 1.72 bits per heavy atom. The highest BCUT2D eigenvalue weighted by molar-refractivity contribution is 6.35. The van der Waals surface area contributed by atoms with E-state index in [1.807, 2.05) is 0 Å². The summed E-state index contributed by atoms with van der Waals surface area (Å²) in [7, 11) is -1.73. The molecule has 3 atom stereocenters. The second-order valence-corrected chi connectivity index (χ2v) is 11.6. The normalized spacial score (nSPS) is 26.6. The molecule has 3 unspecified atom stereocenters. The third-order valence-corrected chi connectivity index (χ3v) is 9.40. The van der Waals surface area contributed by atoms with Crippen LogP contribution >= 0.6 is 0 Å². The Balaban J connectivity index is 1.60. The van der Waals surface area contributed by atoms with Gasteiger partial charge in [-0.25, -0.2) is 0 Å². The fourth-order valence-electron chi connectivity index (χ4n) is 3.64. The summed E-state index contributed by atoms with van der Waals surface area (Å²) >= 11 is 0. The molecule has 0 aliphatic heterocycles. The molecule has 0 heterocycles. The lowest BCUT2D eigenvalue weighted by Crippen LogP contribution is -2.27. The molecular formula is C19H36O3Si3. The molecule has 2 rings (SSSR count). The lowest BCUT2D eigenvalue weighted by Gasteiger charge is -2.20. The molecule has 0 N–H and O–H groups in total. The zero-order valence-corrected chi connectivity index (χ0v) is 20.7. The lowest BCUT2D eigenvalue weighted by atomic mass is 9.91. The van der Waals surface area contributed by atoms with Gasteiger partial charge in [-0.05, 0) is 64.3 Å². The van der Waals surface area contributed by atoms with Crippen LogP contribution in [0.2, 0.25) is 6.04 Å². The van der Waals surface area contributed by atoms with Gasteiger partial charge in [0.25, 0.3) is 0 Å². The highest BCUT2D eigenvalue weighted by Crippen LogP contribution is 2.45. The fraction of sp³-hybridized carbons (Fsp3) is 0.684. The molecule has 0 spiro atoms. The van der Waals surface area contributed by atoms with Crippen molar-refractivity contribution in [3.63, 3.8) is 0 Å². The van der Waals surface area contributed by atoms with Crippen molar-refractivity contribution in [3.05, 3.63) is 34.7 Å². The monoisotopic (exact) mass is 396 g/mol. The highest BCUT2D eigenvalue weighted by atomic mass is 28.2. The Labute approximate surface area is 161 Å². The average Bonchev–Trinajstić information content (AvgIpc) is 3.16. The Kier molecular flexibility index (Phi) is 9.65. The summed E-state index contributed by atoms with van der Waals surface area (Å²) in [6, 6.07) is 1.30. The van der Waals surface area contributed by atoms with Crippen molar-refractivity contribution in [2.45, 2.75) is 59.3 Å². The van der Waals surface area contributed by atoms with Crippen molar-refractivity contribution >= 4 is 29.3 Å². The van der Waals surface area contributed by atoms with Gasteiger partial charge in [0, 0.05) is 0 Å². The largest absolute Gasteiger partial charge is 0.419 e. The molecule has 0 aromatic rings. The lowest BCUT2D eigenvalue weighted by molar-refractivity contribution is -0.0218. The van der Waals surface area contributed by atoms with Gasteiger partial charge in [0.2, 0.25) is 0 Å². The molecule has 0 amide bonds. The quantitative estimate of drug-likeness (QED) is 0.219. The van der Waals surface area contributed by atoms with Crippen LogP contribution in [0.4, 0.5) is 0 Å². The van der Waals surface area contributed by atoms with Crippen molar-refractivity contribution in [1.82, 2.24) is 0 Å². The van der Waals surface area contributed by atoms with Crippen LogP contribution in [0.1, 0.15) is 47.0 Å². The van der Waals surface area contributed by atoms with E-state index in [0.717, 1.165) is 17.8 Å². The van der Waals surface area contributed by atoms with Gasteiger partial charge in [0.1, 0.15) is 0 Å². The van der Waals surface area contributed by atoms with Crippen LogP contribution in [0.3, 0.4) is 0 Å². The van der Waals surface area contributed by atoms with E-state index >= 15 is 0 Å². The minimum Gasteiger partial charge on any atom is -0.419 e. The number of hydrogen-bond donors (Lipinski definition) is 0. The van der Waals surface area contributed by atoms with E-state index < -0.39 is 29.3 Å². The Morgan fingerprint density at radius 3 is 2.24 bits per heavy atom. The van der Waals surface area contributed by atoms with Gasteiger partial charge in [0.05, 0.1) is 6.61 Å². The van der Waals surface area contributed by atoms with E-state index in [4.69, 9.17) is 13.3 Å². The SMILES string of the molecule is CC(C)=C[SiH2]OC(CO[SiH2]CCC1CC2C=CC1C2)O[SiH2]C=C(C)C. The molecule has 0 aromatic heterocycles. The molecule has 1 saturated carbocycles. The molecule has 25 heavy (non-hydrogen) atoms. The van der Waals surface area contributed by atoms with E-state index in [2.05, 4.69) is 51.2 Å². The average molecular weight is 397 g/mol. The second-order valence-electron chi connectivity index (χ2n) is 7.92. The first kappa shape index (κ1) is 21.1. The molecule has 0 radical (unpaired) electrons. The third kappa shape index (κ3) is 8.32. The van der Waals surface area contributed by atoms with E-state index in [9.17, 15) is 0 Å².